The molecule has 25 heavy (non-hydrogen) atoms. The number of rotatable bonds is 3. The number of aliphatic hydroxyl groups excluding tert-OH is 1. The number of ketones is 1. The van der Waals surface area contributed by atoms with Crippen molar-refractivity contribution >= 4 is 11.7 Å². The maximum atomic E-state index is 12.7. The molecule has 1 atom stereocenters. The standard InChI is InChI=1S/C20H21NO4/c1-13(22)18-11-15(7-8-19(18)24)14-4-2-5-16(10-14)20(25)21-9-3-6-17(23)12-21/h2,4-5,7-8,10-11,17,23-24H,3,6,9,12H2,1H3/t17-/m0/s1. The van der Waals surface area contributed by atoms with Crippen molar-refractivity contribution in [3.8, 4) is 16.9 Å². The van der Waals surface area contributed by atoms with E-state index >= 15 is 0 Å². The fourth-order valence-corrected chi connectivity index (χ4v) is 3.15. The van der Waals surface area contributed by atoms with Crippen molar-refractivity contribution in [2.45, 2.75) is 25.9 Å². The van der Waals surface area contributed by atoms with Gasteiger partial charge in [0.1, 0.15) is 5.75 Å². The molecule has 1 saturated heterocycles. The number of β-amino-alcohol motifs (C(OH)–C–C–N with tert-alkyl or cyclic N) is 1. The van der Waals surface area contributed by atoms with Gasteiger partial charge in [-0.15, -0.1) is 0 Å². The molecule has 2 aromatic rings. The number of phenolic OH excluding ortho intramolecular Hbond substituents is 1. The van der Waals surface area contributed by atoms with Crippen LogP contribution in [0.2, 0.25) is 0 Å². The summed E-state index contributed by atoms with van der Waals surface area (Å²) in [5, 5.41) is 19.6. The topological polar surface area (TPSA) is 77.8 Å². The minimum atomic E-state index is -0.462. The van der Waals surface area contributed by atoms with Crippen LogP contribution in [0.1, 0.15) is 40.5 Å². The molecule has 1 fully saturated rings. The van der Waals surface area contributed by atoms with E-state index in [1.165, 1.54) is 13.0 Å². The highest BCUT2D eigenvalue weighted by Crippen LogP contribution is 2.27. The Morgan fingerprint density at radius 3 is 2.60 bits per heavy atom. The van der Waals surface area contributed by atoms with Gasteiger partial charge in [0, 0.05) is 18.7 Å². The van der Waals surface area contributed by atoms with Gasteiger partial charge in [0.15, 0.2) is 5.78 Å². The van der Waals surface area contributed by atoms with E-state index in [1.54, 1.807) is 35.2 Å². The van der Waals surface area contributed by atoms with Gasteiger partial charge in [-0.05, 0) is 55.2 Å². The van der Waals surface area contributed by atoms with Gasteiger partial charge in [-0.2, -0.15) is 0 Å². The van der Waals surface area contributed by atoms with Crippen molar-refractivity contribution in [2.75, 3.05) is 13.1 Å². The van der Waals surface area contributed by atoms with Crippen LogP contribution in [0.4, 0.5) is 0 Å². The molecule has 5 nitrogen and oxygen atoms in total. The van der Waals surface area contributed by atoms with E-state index in [2.05, 4.69) is 0 Å². The molecule has 0 unspecified atom stereocenters. The monoisotopic (exact) mass is 339 g/mol. The average Bonchev–Trinajstić information content (AvgIpc) is 2.61. The van der Waals surface area contributed by atoms with E-state index in [1.807, 2.05) is 6.07 Å². The summed E-state index contributed by atoms with van der Waals surface area (Å²) in [5.41, 5.74) is 2.36. The maximum absolute atomic E-state index is 12.7. The van der Waals surface area contributed by atoms with Crippen molar-refractivity contribution in [3.05, 3.63) is 53.6 Å². The molecule has 130 valence electrons. The molecule has 2 aromatic carbocycles. The maximum Gasteiger partial charge on any atom is 0.253 e. The molecule has 0 radical (unpaired) electrons. The predicted octanol–water partition coefficient (Wildman–Crippen LogP) is 2.86. The number of phenols is 1. The molecule has 0 bridgehead atoms. The molecular formula is C20H21NO4. The normalized spacial score (nSPS) is 17.4. The molecule has 0 aromatic heterocycles. The number of hydrogen-bond donors (Lipinski definition) is 2. The third kappa shape index (κ3) is 3.72. The van der Waals surface area contributed by atoms with Gasteiger partial charge in [0.25, 0.3) is 5.91 Å². The lowest BCUT2D eigenvalue weighted by molar-refractivity contribution is 0.0474. The Morgan fingerprint density at radius 1 is 1.12 bits per heavy atom. The Bertz CT molecular complexity index is 815. The van der Waals surface area contributed by atoms with E-state index in [0.717, 1.165) is 24.0 Å². The first-order chi connectivity index (χ1) is 12.0. The highest BCUT2D eigenvalue weighted by atomic mass is 16.3. The molecule has 2 N–H and O–H groups in total. The SMILES string of the molecule is CC(=O)c1cc(-c2cccc(C(=O)N3CCC[C@H](O)C3)c2)ccc1O. The van der Waals surface area contributed by atoms with Crippen LogP contribution in [0.3, 0.4) is 0 Å². The second-order valence-electron chi connectivity index (χ2n) is 6.42. The third-order valence-corrected chi connectivity index (χ3v) is 4.50. The van der Waals surface area contributed by atoms with Crippen molar-refractivity contribution in [3.63, 3.8) is 0 Å². The minimum Gasteiger partial charge on any atom is -0.507 e. The summed E-state index contributed by atoms with van der Waals surface area (Å²) >= 11 is 0. The van der Waals surface area contributed by atoms with Gasteiger partial charge in [-0.1, -0.05) is 18.2 Å². The van der Waals surface area contributed by atoms with E-state index in [9.17, 15) is 19.8 Å². The lowest BCUT2D eigenvalue weighted by Gasteiger charge is -2.30. The smallest absolute Gasteiger partial charge is 0.253 e. The highest BCUT2D eigenvalue weighted by molar-refractivity contribution is 5.98. The van der Waals surface area contributed by atoms with Crippen molar-refractivity contribution in [1.29, 1.82) is 0 Å². The second kappa shape index (κ2) is 7.07. The summed E-state index contributed by atoms with van der Waals surface area (Å²) in [6, 6.07) is 12.0. The average molecular weight is 339 g/mol. The van der Waals surface area contributed by atoms with Crippen LogP contribution < -0.4 is 0 Å². The number of piperidine rings is 1. The number of aliphatic hydroxyl groups is 1. The molecule has 1 amide bonds. The Labute approximate surface area is 146 Å². The Balaban J connectivity index is 1.90. The molecule has 5 heteroatoms. The Kier molecular flexibility index (Phi) is 4.86. The van der Waals surface area contributed by atoms with Crippen LogP contribution in [-0.4, -0.2) is 46.0 Å². The quantitative estimate of drug-likeness (QED) is 0.843. The molecular weight excluding hydrogens is 318 g/mol. The van der Waals surface area contributed by atoms with Crippen LogP contribution in [0.5, 0.6) is 5.75 Å². The zero-order valence-corrected chi connectivity index (χ0v) is 14.1. The summed E-state index contributed by atoms with van der Waals surface area (Å²) in [6.07, 6.45) is 1.06. The van der Waals surface area contributed by atoms with Gasteiger partial charge in [0.2, 0.25) is 0 Å². The lowest BCUT2D eigenvalue weighted by atomic mass is 9.98. The zero-order valence-electron chi connectivity index (χ0n) is 14.1. The van der Waals surface area contributed by atoms with Gasteiger partial charge < -0.3 is 15.1 Å². The second-order valence-corrected chi connectivity index (χ2v) is 6.42. The molecule has 0 spiro atoms. The first-order valence-corrected chi connectivity index (χ1v) is 8.37. The van der Waals surface area contributed by atoms with Gasteiger partial charge in [-0.3, -0.25) is 9.59 Å². The number of carbonyl (C=O) groups is 2. The molecule has 3 rings (SSSR count). The van der Waals surface area contributed by atoms with E-state index in [-0.39, 0.29) is 23.0 Å². The number of aromatic hydroxyl groups is 1. The van der Waals surface area contributed by atoms with Crippen LogP contribution >= 0.6 is 0 Å². The number of carbonyl (C=O) groups excluding carboxylic acids is 2. The van der Waals surface area contributed by atoms with Gasteiger partial charge in [-0.25, -0.2) is 0 Å². The van der Waals surface area contributed by atoms with E-state index < -0.39 is 6.10 Å². The van der Waals surface area contributed by atoms with Crippen molar-refractivity contribution < 1.29 is 19.8 Å². The van der Waals surface area contributed by atoms with Crippen molar-refractivity contribution in [2.24, 2.45) is 0 Å². The largest absolute Gasteiger partial charge is 0.507 e. The fourth-order valence-electron chi connectivity index (χ4n) is 3.15. The lowest BCUT2D eigenvalue weighted by Crippen LogP contribution is -2.42. The Morgan fingerprint density at radius 2 is 1.88 bits per heavy atom. The molecule has 1 aliphatic rings. The highest BCUT2D eigenvalue weighted by Gasteiger charge is 2.23. The van der Waals surface area contributed by atoms with Gasteiger partial charge >= 0.3 is 0 Å². The van der Waals surface area contributed by atoms with Gasteiger partial charge in [0.05, 0.1) is 11.7 Å². The Hall–Kier alpha value is -2.66. The number of nitrogens with zero attached hydrogens (tertiary/aromatic N) is 1. The number of likely N-dealkylation sites (tertiary alicyclic amines) is 1. The first-order valence-electron chi connectivity index (χ1n) is 8.37. The summed E-state index contributed by atoms with van der Waals surface area (Å²) in [5.74, 6) is -0.370. The molecule has 0 aliphatic carbocycles. The number of benzene rings is 2. The third-order valence-electron chi connectivity index (χ3n) is 4.50. The zero-order chi connectivity index (χ0) is 18.0. The van der Waals surface area contributed by atoms with Crippen LogP contribution in [0.25, 0.3) is 11.1 Å². The number of amides is 1. The van der Waals surface area contributed by atoms with Crippen LogP contribution in [0.15, 0.2) is 42.5 Å². The summed E-state index contributed by atoms with van der Waals surface area (Å²) in [7, 11) is 0. The number of Topliss-reactive ketones (excluding diaryl/α,β-unsaturated/α-hetero) is 1. The van der Waals surface area contributed by atoms with E-state index in [4.69, 9.17) is 0 Å². The van der Waals surface area contributed by atoms with Crippen LogP contribution in [0, 0.1) is 0 Å². The van der Waals surface area contributed by atoms with Crippen LogP contribution in [-0.2, 0) is 0 Å². The minimum absolute atomic E-state index is 0.0502. The molecule has 1 aliphatic heterocycles. The van der Waals surface area contributed by atoms with E-state index in [0.29, 0.717) is 18.7 Å². The first kappa shape index (κ1) is 17.2. The summed E-state index contributed by atoms with van der Waals surface area (Å²) in [6.45, 7) is 2.41. The fraction of sp³-hybridized carbons (Fsp3) is 0.300. The summed E-state index contributed by atoms with van der Waals surface area (Å²) in [4.78, 5) is 26.0. The molecule has 0 saturated carbocycles. The predicted molar refractivity (Wildman–Crippen MR) is 94.7 cm³/mol. The van der Waals surface area contributed by atoms with Crippen molar-refractivity contribution in [1.82, 2.24) is 4.90 Å². The molecule has 1 heterocycles. The summed E-state index contributed by atoms with van der Waals surface area (Å²) < 4.78 is 0. The number of hydrogen-bond acceptors (Lipinski definition) is 4.